The van der Waals surface area contributed by atoms with E-state index < -0.39 is 4.92 Å². The summed E-state index contributed by atoms with van der Waals surface area (Å²) in [6.45, 7) is 6.66. The average Bonchev–Trinajstić information content (AvgIpc) is 2.35. The van der Waals surface area contributed by atoms with E-state index >= 15 is 0 Å². The minimum Gasteiger partial charge on any atom is -0.372 e. The van der Waals surface area contributed by atoms with Gasteiger partial charge in [-0.05, 0) is 20.8 Å². The Labute approximate surface area is 117 Å². The van der Waals surface area contributed by atoms with E-state index in [1.54, 1.807) is 14.0 Å². The lowest BCUT2D eigenvalue weighted by Crippen LogP contribution is -2.46. The van der Waals surface area contributed by atoms with Gasteiger partial charge in [0.15, 0.2) is 0 Å². The molecule has 0 saturated carbocycles. The molecule has 20 heavy (non-hydrogen) atoms. The summed E-state index contributed by atoms with van der Waals surface area (Å²) < 4.78 is 5.65. The van der Waals surface area contributed by atoms with Gasteiger partial charge in [0.05, 0.1) is 17.1 Å². The molecule has 0 radical (unpaired) electrons. The summed E-state index contributed by atoms with van der Waals surface area (Å²) in [4.78, 5) is 21.1. The van der Waals surface area contributed by atoms with E-state index in [0.717, 1.165) is 0 Å². The number of nitrogens with zero attached hydrogens (tertiary/aromatic N) is 4. The molecule has 8 heteroatoms. The Balaban J connectivity index is 2.47. The van der Waals surface area contributed by atoms with Crippen molar-refractivity contribution in [2.24, 2.45) is 0 Å². The fourth-order valence-corrected chi connectivity index (χ4v) is 2.45. The highest BCUT2D eigenvalue weighted by Crippen LogP contribution is 2.31. The van der Waals surface area contributed by atoms with E-state index in [9.17, 15) is 10.1 Å². The first kappa shape index (κ1) is 14.4. The monoisotopic (exact) mass is 281 g/mol. The molecule has 0 bridgehead atoms. The second-order valence-corrected chi connectivity index (χ2v) is 4.97. The van der Waals surface area contributed by atoms with E-state index in [-0.39, 0.29) is 17.9 Å². The summed E-state index contributed by atoms with van der Waals surface area (Å²) in [5.41, 5.74) is 0.321. The lowest BCUT2D eigenvalue weighted by Gasteiger charge is -2.35. The van der Waals surface area contributed by atoms with Crippen molar-refractivity contribution < 1.29 is 9.66 Å². The van der Waals surface area contributed by atoms with Crippen molar-refractivity contribution in [3.05, 3.63) is 15.8 Å². The molecule has 0 spiro atoms. The number of ether oxygens (including phenoxy) is 1. The maximum atomic E-state index is 11.3. The van der Waals surface area contributed by atoms with Gasteiger partial charge in [0, 0.05) is 20.1 Å². The molecule has 2 unspecified atom stereocenters. The Bertz CT molecular complexity index is 512. The van der Waals surface area contributed by atoms with Gasteiger partial charge < -0.3 is 15.0 Å². The molecule has 1 aromatic heterocycles. The molecule has 110 valence electrons. The smallest absolute Gasteiger partial charge is 0.332 e. The van der Waals surface area contributed by atoms with Crippen LogP contribution < -0.4 is 10.2 Å². The van der Waals surface area contributed by atoms with Crippen molar-refractivity contribution in [1.29, 1.82) is 0 Å². The van der Waals surface area contributed by atoms with Crippen molar-refractivity contribution >= 4 is 17.5 Å². The molecule has 1 saturated heterocycles. The van der Waals surface area contributed by atoms with Crippen molar-refractivity contribution in [3.8, 4) is 0 Å². The Kier molecular flexibility index (Phi) is 4.03. The molecule has 0 aromatic carbocycles. The van der Waals surface area contributed by atoms with Crippen molar-refractivity contribution in [1.82, 2.24) is 9.97 Å². The number of hydrogen-bond donors (Lipinski definition) is 1. The highest BCUT2D eigenvalue weighted by atomic mass is 16.6. The minimum atomic E-state index is -0.422. The van der Waals surface area contributed by atoms with Gasteiger partial charge in [-0.25, -0.2) is 4.98 Å². The average molecular weight is 281 g/mol. The molecule has 2 atom stereocenters. The maximum Gasteiger partial charge on any atom is 0.332 e. The second kappa shape index (κ2) is 5.58. The number of morpholine rings is 1. The van der Waals surface area contributed by atoms with Crippen LogP contribution in [-0.4, -0.2) is 47.2 Å². The van der Waals surface area contributed by atoms with Gasteiger partial charge in [-0.3, -0.25) is 10.1 Å². The largest absolute Gasteiger partial charge is 0.372 e. The van der Waals surface area contributed by atoms with Gasteiger partial charge in [0.25, 0.3) is 0 Å². The molecule has 8 nitrogen and oxygen atoms in total. The van der Waals surface area contributed by atoms with Crippen LogP contribution in [0.25, 0.3) is 0 Å². The lowest BCUT2D eigenvalue weighted by atomic mass is 10.2. The van der Waals surface area contributed by atoms with Crippen LogP contribution in [0.4, 0.5) is 17.5 Å². The van der Waals surface area contributed by atoms with Crippen LogP contribution in [0.5, 0.6) is 0 Å². The van der Waals surface area contributed by atoms with E-state index in [1.807, 2.05) is 18.7 Å². The van der Waals surface area contributed by atoms with Gasteiger partial charge in [0.2, 0.25) is 11.8 Å². The number of aryl methyl sites for hydroxylation is 1. The summed E-state index contributed by atoms with van der Waals surface area (Å²) >= 11 is 0. The molecular weight excluding hydrogens is 262 g/mol. The highest BCUT2D eigenvalue weighted by Gasteiger charge is 2.31. The molecule has 0 amide bonds. The van der Waals surface area contributed by atoms with E-state index in [0.29, 0.717) is 30.5 Å². The zero-order valence-corrected chi connectivity index (χ0v) is 12.1. The zero-order valence-electron chi connectivity index (χ0n) is 12.1. The van der Waals surface area contributed by atoms with E-state index in [4.69, 9.17) is 4.74 Å². The lowest BCUT2D eigenvalue weighted by molar-refractivity contribution is -0.385. The first-order chi connectivity index (χ1) is 9.42. The van der Waals surface area contributed by atoms with E-state index in [1.165, 1.54) is 0 Å². The minimum absolute atomic E-state index is 0.00617. The Morgan fingerprint density at radius 1 is 1.35 bits per heavy atom. The standard InChI is InChI=1S/C12H19N5O3/c1-7-5-16(6-8(2)20-7)11-10(17(18)19)9(3)14-12(13-4)15-11/h7-8H,5-6H2,1-4H3,(H,13,14,15). The summed E-state index contributed by atoms with van der Waals surface area (Å²) in [6.07, 6.45) is 0.0123. The number of nitro groups is 1. The van der Waals surface area contributed by atoms with Crippen LogP contribution in [0.3, 0.4) is 0 Å². The predicted molar refractivity (Wildman–Crippen MR) is 75.2 cm³/mol. The second-order valence-electron chi connectivity index (χ2n) is 4.97. The SMILES string of the molecule is CNc1nc(C)c([N+](=O)[O-])c(N2CC(C)OC(C)C2)n1. The van der Waals surface area contributed by atoms with Crippen LogP contribution in [0.1, 0.15) is 19.5 Å². The Hall–Kier alpha value is -1.96. The van der Waals surface area contributed by atoms with E-state index in [2.05, 4.69) is 15.3 Å². The molecule has 0 aliphatic carbocycles. The summed E-state index contributed by atoms with van der Waals surface area (Å²) in [5.74, 6) is 0.740. The topological polar surface area (TPSA) is 93.4 Å². The summed E-state index contributed by atoms with van der Waals surface area (Å²) in [7, 11) is 1.69. The first-order valence-electron chi connectivity index (χ1n) is 6.53. The molecule has 1 fully saturated rings. The molecule has 1 aliphatic rings. The normalized spacial score (nSPS) is 22.7. The molecule has 2 rings (SSSR count). The van der Waals surface area contributed by atoms with Crippen LogP contribution in [-0.2, 0) is 4.74 Å². The van der Waals surface area contributed by atoms with Crippen LogP contribution in [0.2, 0.25) is 0 Å². The van der Waals surface area contributed by atoms with Crippen LogP contribution in [0, 0.1) is 17.0 Å². The molecule has 1 N–H and O–H groups in total. The summed E-state index contributed by atoms with van der Waals surface area (Å²) in [6, 6.07) is 0. The fourth-order valence-electron chi connectivity index (χ4n) is 2.45. The molecular formula is C12H19N5O3. The van der Waals surface area contributed by atoms with Crippen molar-refractivity contribution in [2.75, 3.05) is 30.4 Å². The first-order valence-corrected chi connectivity index (χ1v) is 6.53. The van der Waals surface area contributed by atoms with Crippen molar-refractivity contribution in [3.63, 3.8) is 0 Å². The zero-order chi connectivity index (χ0) is 14.9. The Morgan fingerprint density at radius 3 is 2.45 bits per heavy atom. The fraction of sp³-hybridized carbons (Fsp3) is 0.667. The van der Waals surface area contributed by atoms with Gasteiger partial charge in [0.1, 0.15) is 5.69 Å². The number of hydrogen-bond acceptors (Lipinski definition) is 7. The van der Waals surface area contributed by atoms with Crippen molar-refractivity contribution in [2.45, 2.75) is 33.0 Å². The summed E-state index contributed by atoms with van der Waals surface area (Å²) in [5, 5.41) is 14.1. The Morgan fingerprint density at radius 2 is 1.95 bits per heavy atom. The quantitative estimate of drug-likeness (QED) is 0.660. The van der Waals surface area contributed by atoms with Gasteiger partial charge in [-0.1, -0.05) is 0 Å². The van der Waals surface area contributed by atoms with Gasteiger partial charge >= 0.3 is 5.69 Å². The van der Waals surface area contributed by atoms with Crippen LogP contribution >= 0.6 is 0 Å². The predicted octanol–water partition coefficient (Wildman–Crippen LogP) is 1.35. The molecule has 2 heterocycles. The third-order valence-corrected chi connectivity index (χ3v) is 3.17. The number of rotatable bonds is 3. The third kappa shape index (κ3) is 2.79. The highest BCUT2D eigenvalue weighted by molar-refractivity contribution is 5.62. The number of nitrogens with one attached hydrogen (secondary N) is 1. The maximum absolute atomic E-state index is 11.3. The van der Waals surface area contributed by atoms with Crippen LogP contribution in [0.15, 0.2) is 0 Å². The number of anilines is 2. The number of aromatic nitrogens is 2. The molecule has 1 aromatic rings. The molecule has 1 aliphatic heterocycles. The third-order valence-electron chi connectivity index (χ3n) is 3.17. The van der Waals surface area contributed by atoms with Gasteiger partial charge in [-0.15, -0.1) is 0 Å². The van der Waals surface area contributed by atoms with Gasteiger partial charge in [-0.2, -0.15) is 4.98 Å².